The Morgan fingerprint density at radius 2 is 1.90 bits per heavy atom. The molecule has 0 aromatic heterocycles. The molecule has 3 N–H and O–H groups in total. The molecule has 0 saturated heterocycles. The molecule has 0 fully saturated rings. The number of anilines is 1. The molecule has 2 rings (SSSR count). The van der Waals surface area contributed by atoms with Gasteiger partial charge >= 0.3 is 0 Å². The van der Waals surface area contributed by atoms with Gasteiger partial charge in [0.05, 0.1) is 0 Å². The van der Waals surface area contributed by atoms with E-state index in [2.05, 4.69) is 5.32 Å². The highest BCUT2D eigenvalue weighted by Gasteiger charge is 2.07. The number of primary amides is 1. The van der Waals surface area contributed by atoms with Gasteiger partial charge in [-0.25, -0.2) is 4.39 Å². The van der Waals surface area contributed by atoms with Gasteiger partial charge in [0.15, 0.2) is 0 Å². The summed E-state index contributed by atoms with van der Waals surface area (Å²) in [6.07, 6.45) is 0. The molecule has 1 atom stereocenters. The van der Waals surface area contributed by atoms with E-state index >= 15 is 0 Å². The molecule has 0 aliphatic carbocycles. The fourth-order valence-corrected chi connectivity index (χ4v) is 1.61. The average molecular weight is 274 g/mol. The van der Waals surface area contributed by atoms with Crippen molar-refractivity contribution in [3.8, 4) is 11.5 Å². The number of hydrogen-bond acceptors (Lipinski definition) is 3. The van der Waals surface area contributed by atoms with Gasteiger partial charge in [0, 0.05) is 11.8 Å². The number of ether oxygens (including phenoxy) is 1. The first-order chi connectivity index (χ1) is 9.54. The topological polar surface area (TPSA) is 64.3 Å². The summed E-state index contributed by atoms with van der Waals surface area (Å²) in [5, 5.41) is 2.95. The van der Waals surface area contributed by atoms with Crippen LogP contribution in [0.2, 0.25) is 0 Å². The molecule has 0 aliphatic rings. The van der Waals surface area contributed by atoms with Crippen LogP contribution in [0, 0.1) is 5.82 Å². The second-order valence-corrected chi connectivity index (χ2v) is 4.35. The van der Waals surface area contributed by atoms with Crippen molar-refractivity contribution in [1.82, 2.24) is 0 Å². The van der Waals surface area contributed by atoms with Crippen molar-refractivity contribution in [2.75, 3.05) is 5.32 Å². The van der Waals surface area contributed by atoms with Gasteiger partial charge in [0.1, 0.15) is 23.4 Å². The normalized spacial score (nSPS) is 11.7. The summed E-state index contributed by atoms with van der Waals surface area (Å²) >= 11 is 0. The lowest BCUT2D eigenvalue weighted by Gasteiger charge is -2.12. The molecule has 0 saturated carbocycles. The van der Waals surface area contributed by atoms with Crippen LogP contribution in [0.15, 0.2) is 48.5 Å². The minimum Gasteiger partial charge on any atom is -0.457 e. The van der Waals surface area contributed by atoms with Crippen LogP contribution in [0.4, 0.5) is 10.1 Å². The Morgan fingerprint density at radius 3 is 2.50 bits per heavy atom. The van der Waals surface area contributed by atoms with E-state index in [-0.39, 0.29) is 5.82 Å². The number of nitrogens with one attached hydrogen (secondary N) is 1. The molecule has 104 valence electrons. The maximum absolute atomic E-state index is 13.0. The van der Waals surface area contributed by atoms with Gasteiger partial charge in [-0.2, -0.15) is 0 Å². The van der Waals surface area contributed by atoms with Gasteiger partial charge in [-0.05, 0) is 43.3 Å². The van der Waals surface area contributed by atoms with E-state index in [1.807, 2.05) is 0 Å². The van der Waals surface area contributed by atoms with Gasteiger partial charge in [-0.15, -0.1) is 0 Å². The zero-order chi connectivity index (χ0) is 14.5. The molecule has 20 heavy (non-hydrogen) atoms. The Labute approximate surface area is 116 Å². The predicted octanol–water partition coefficient (Wildman–Crippen LogP) is 2.90. The number of benzene rings is 2. The fraction of sp³-hybridized carbons (Fsp3) is 0.133. The average Bonchev–Trinajstić information content (AvgIpc) is 2.41. The number of nitrogens with two attached hydrogens (primary N) is 1. The summed E-state index contributed by atoms with van der Waals surface area (Å²) in [5.41, 5.74) is 5.92. The van der Waals surface area contributed by atoms with Gasteiger partial charge in [0.2, 0.25) is 5.91 Å². The molecule has 0 radical (unpaired) electrons. The van der Waals surface area contributed by atoms with Crippen molar-refractivity contribution in [2.24, 2.45) is 5.73 Å². The largest absolute Gasteiger partial charge is 0.457 e. The molecule has 0 spiro atoms. The summed E-state index contributed by atoms with van der Waals surface area (Å²) < 4.78 is 18.5. The Balaban J connectivity index is 2.03. The van der Waals surface area contributed by atoms with E-state index in [1.54, 1.807) is 43.3 Å². The second kappa shape index (κ2) is 6.06. The van der Waals surface area contributed by atoms with Crippen LogP contribution >= 0.6 is 0 Å². The minimum absolute atomic E-state index is 0.351. The third kappa shape index (κ3) is 3.71. The van der Waals surface area contributed by atoms with Crippen molar-refractivity contribution in [3.63, 3.8) is 0 Å². The monoisotopic (exact) mass is 274 g/mol. The van der Waals surface area contributed by atoms with Gasteiger partial charge in [-0.3, -0.25) is 4.79 Å². The van der Waals surface area contributed by atoms with E-state index < -0.39 is 11.9 Å². The third-order valence-electron chi connectivity index (χ3n) is 2.70. The molecular formula is C15H15FN2O2. The number of carbonyl (C=O) groups is 1. The lowest BCUT2D eigenvalue weighted by molar-refractivity contribution is -0.118. The van der Waals surface area contributed by atoms with Crippen molar-refractivity contribution >= 4 is 11.6 Å². The van der Waals surface area contributed by atoms with Crippen LogP contribution in [-0.4, -0.2) is 11.9 Å². The van der Waals surface area contributed by atoms with Gasteiger partial charge < -0.3 is 15.8 Å². The Bertz CT molecular complexity index is 599. The molecular weight excluding hydrogens is 259 g/mol. The summed E-state index contributed by atoms with van der Waals surface area (Å²) in [4.78, 5) is 10.9. The number of amides is 1. The first-order valence-electron chi connectivity index (χ1n) is 6.14. The maximum atomic E-state index is 13.0. The molecule has 2 aromatic rings. The van der Waals surface area contributed by atoms with Gasteiger partial charge in [-0.1, -0.05) is 6.07 Å². The van der Waals surface area contributed by atoms with E-state index in [0.29, 0.717) is 11.5 Å². The van der Waals surface area contributed by atoms with Crippen LogP contribution in [0.3, 0.4) is 0 Å². The SMILES string of the molecule is C[C@@H](Nc1ccc(Oc2cccc(F)c2)cc1)C(N)=O. The predicted molar refractivity (Wildman–Crippen MR) is 75.2 cm³/mol. The summed E-state index contributed by atoms with van der Waals surface area (Å²) in [5.74, 6) is 0.227. The molecule has 5 heteroatoms. The zero-order valence-corrected chi connectivity index (χ0v) is 11.0. The van der Waals surface area contributed by atoms with Gasteiger partial charge in [0.25, 0.3) is 0 Å². The van der Waals surface area contributed by atoms with Crippen molar-refractivity contribution < 1.29 is 13.9 Å². The molecule has 0 unspecified atom stereocenters. The van der Waals surface area contributed by atoms with E-state index in [0.717, 1.165) is 5.69 Å². The molecule has 4 nitrogen and oxygen atoms in total. The molecule has 0 heterocycles. The number of halogens is 1. The lowest BCUT2D eigenvalue weighted by atomic mass is 10.2. The zero-order valence-electron chi connectivity index (χ0n) is 11.0. The highest BCUT2D eigenvalue weighted by molar-refractivity contribution is 5.82. The molecule has 0 aliphatic heterocycles. The van der Waals surface area contributed by atoms with E-state index in [4.69, 9.17) is 10.5 Å². The van der Waals surface area contributed by atoms with E-state index in [9.17, 15) is 9.18 Å². The number of hydrogen-bond donors (Lipinski definition) is 2. The summed E-state index contributed by atoms with van der Waals surface area (Å²) in [7, 11) is 0. The van der Waals surface area contributed by atoms with Crippen LogP contribution in [0.25, 0.3) is 0 Å². The second-order valence-electron chi connectivity index (χ2n) is 4.35. The molecule has 1 amide bonds. The Hall–Kier alpha value is -2.56. The van der Waals surface area contributed by atoms with Crippen molar-refractivity contribution in [1.29, 1.82) is 0 Å². The van der Waals surface area contributed by atoms with Crippen LogP contribution in [0.5, 0.6) is 11.5 Å². The third-order valence-corrected chi connectivity index (χ3v) is 2.70. The van der Waals surface area contributed by atoms with E-state index in [1.165, 1.54) is 12.1 Å². The lowest BCUT2D eigenvalue weighted by Crippen LogP contribution is -2.32. The molecule has 0 bridgehead atoms. The number of rotatable bonds is 5. The summed E-state index contributed by atoms with van der Waals surface area (Å²) in [6, 6.07) is 12.4. The smallest absolute Gasteiger partial charge is 0.239 e. The highest BCUT2D eigenvalue weighted by Crippen LogP contribution is 2.23. The van der Waals surface area contributed by atoms with Crippen molar-refractivity contribution in [3.05, 3.63) is 54.3 Å². The first kappa shape index (κ1) is 13.9. The summed E-state index contributed by atoms with van der Waals surface area (Å²) in [6.45, 7) is 1.68. The molecule has 2 aromatic carbocycles. The Morgan fingerprint density at radius 1 is 1.20 bits per heavy atom. The quantitative estimate of drug-likeness (QED) is 0.881. The van der Waals surface area contributed by atoms with Crippen LogP contribution < -0.4 is 15.8 Å². The van der Waals surface area contributed by atoms with Crippen molar-refractivity contribution in [2.45, 2.75) is 13.0 Å². The van der Waals surface area contributed by atoms with Crippen LogP contribution in [0.1, 0.15) is 6.92 Å². The number of carbonyl (C=O) groups excluding carboxylic acids is 1. The maximum Gasteiger partial charge on any atom is 0.239 e. The minimum atomic E-state index is -0.454. The Kier molecular flexibility index (Phi) is 4.20. The first-order valence-corrected chi connectivity index (χ1v) is 6.14. The highest BCUT2D eigenvalue weighted by atomic mass is 19.1. The fourth-order valence-electron chi connectivity index (χ4n) is 1.61. The van der Waals surface area contributed by atoms with Crippen LogP contribution in [-0.2, 0) is 4.79 Å². The standard InChI is InChI=1S/C15H15FN2O2/c1-10(15(17)19)18-12-5-7-13(8-6-12)20-14-4-2-3-11(16)9-14/h2-10,18H,1H3,(H2,17,19)/t10-/m1/s1.